The highest BCUT2D eigenvalue weighted by Gasteiger charge is 2.15. The zero-order valence-corrected chi connectivity index (χ0v) is 13.5. The Balaban J connectivity index is 2.44. The standard InChI is InChI=1S/C16H31N3/c1-7-15-9-16(19(6)18-15)8-13(4)14(5)11-17-10-12(2)3/h9,12-14,17H,7-8,10-11H2,1-6H3. The quantitative estimate of drug-likeness (QED) is 0.783. The van der Waals surface area contributed by atoms with E-state index in [0.717, 1.165) is 31.8 Å². The Hall–Kier alpha value is -0.830. The Morgan fingerprint density at radius 1 is 1.16 bits per heavy atom. The fourth-order valence-corrected chi connectivity index (χ4v) is 2.27. The van der Waals surface area contributed by atoms with Crippen molar-refractivity contribution in [1.29, 1.82) is 0 Å². The van der Waals surface area contributed by atoms with E-state index in [1.807, 2.05) is 4.68 Å². The highest BCUT2D eigenvalue weighted by molar-refractivity contribution is 5.10. The lowest BCUT2D eigenvalue weighted by Crippen LogP contribution is -2.29. The van der Waals surface area contributed by atoms with Crippen molar-refractivity contribution in [3.8, 4) is 0 Å². The number of hydrogen-bond donors (Lipinski definition) is 1. The molecule has 19 heavy (non-hydrogen) atoms. The van der Waals surface area contributed by atoms with Crippen LogP contribution < -0.4 is 5.32 Å². The van der Waals surface area contributed by atoms with Crippen LogP contribution in [0, 0.1) is 17.8 Å². The summed E-state index contributed by atoms with van der Waals surface area (Å²) in [5, 5.41) is 8.09. The van der Waals surface area contributed by atoms with Gasteiger partial charge in [0.25, 0.3) is 0 Å². The normalized spacial score (nSPS) is 14.9. The molecule has 1 aromatic heterocycles. The summed E-state index contributed by atoms with van der Waals surface area (Å²) in [4.78, 5) is 0. The summed E-state index contributed by atoms with van der Waals surface area (Å²) >= 11 is 0. The summed E-state index contributed by atoms with van der Waals surface area (Å²) < 4.78 is 2.05. The maximum Gasteiger partial charge on any atom is 0.0624 e. The zero-order valence-electron chi connectivity index (χ0n) is 13.5. The number of aromatic nitrogens is 2. The number of aryl methyl sites for hydroxylation is 2. The van der Waals surface area contributed by atoms with Gasteiger partial charge < -0.3 is 5.32 Å². The van der Waals surface area contributed by atoms with Crippen LogP contribution in [0.15, 0.2) is 6.07 Å². The molecule has 3 heteroatoms. The van der Waals surface area contributed by atoms with Gasteiger partial charge in [-0.3, -0.25) is 4.68 Å². The molecule has 0 radical (unpaired) electrons. The molecule has 2 unspecified atom stereocenters. The molecule has 1 N–H and O–H groups in total. The van der Waals surface area contributed by atoms with Gasteiger partial charge in [0.1, 0.15) is 0 Å². The summed E-state index contributed by atoms with van der Waals surface area (Å²) in [5.41, 5.74) is 2.57. The maximum absolute atomic E-state index is 4.53. The van der Waals surface area contributed by atoms with Crippen molar-refractivity contribution in [2.45, 2.75) is 47.5 Å². The van der Waals surface area contributed by atoms with E-state index in [1.165, 1.54) is 11.4 Å². The van der Waals surface area contributed by atoms with Gasteiger partial charge in [0, 0.05) is 12.7 Å². The van der Waals surface area contributed by atoms with Crippen LogP contribution in [0.4, 0.5) is 0 Å². The van der Waals surface area contributed by atoms with Crippen molar-refractivity contribution in [3.63, 3.8) is 0 Å². The van der Waals surface area contributed by atoms with Crippen LogP contribution in [0.5, 0.6) is 0 Å². The lowest BCUT2D eigenvalue weighted by molar-refractivity contribution is 0.352. The van der Waals surface area contributed by atoms with Crippen LogP contribution in [0.1, 0.15) is 46.0 Å². The first-order valence-electron chi connectivity index (χ1n) is 7.66. The Kier molecular flexibility index (Phi) is 6.56. The van der Waals surface area contributed by atoms with E-state index in [4.69, 9.17) is 0 Å². The van der Waals surface area contributed by atoms with Crippen molar-refractivity contribution in [1.82, 2.24) is 15.1 Å². The van der Waals surface area contributed by atoms with Gasteiger partial charge in [-0.05, 0) is 49.8 Å². The second-order valence-electron chi connectivity index (χ2n) is 6.31. The summed E-state index contributed by atoms with van der Waals surface area (Å²) in [7, 11) is 2.06. The summed E-state index contributed by atoms with van der Waals surface area (Å²) in [6, 6.07) is 2.25. The molecule has 0 aliphatic carbocycles. The number of rotatable bonds is 8. The fraction of sp³-hybridized carbons (Fsp3) is 0.812. The molecule has 0 amide bonds. The molecule has 2 atom stereocenters. The van der Waals surface area contributed by atoms with Gasteiger partial charge in [0.15, 0.2) is 0 Å². The van der Waals surface area contributed by atoms with Crippen LogP contribution in [0.3, 0.4) is 0 Å². The Morgan fingerprint density at radius 3 is 2.37 bits per heavy atom. The van der Waals surface area contributed by atoms with Crippen LogP contribution in [-0.4, -0.2) is 22.9 Å². The third-order valence-electron chi connectivity index (χ3n) is 3.91. The molecule has 0 saturated heterocycles. The SMILES string of the molecule is CCc1cc(CC(C)C(C)CNCC(C)C)n(C)n1. The molecule has 1 aromatic rings. The predicted molar refractivity (Wildman–Crippen MR) is 82.3 cm³/mol. The largest absolute Gasteiger partial charge is 0.316 e. The second kappa shape index (κ2) is 7.68. The monoisotopic (exact) mass is 265 g/mol. The Morgan fingerprint density at radius 2 is 1.84 bits per heavy atom. The van der Waals surface area contributed by atoms with Crippen molar-refractivity contribution in [2.75, 3.05) is 13.1 Å². The highest BCUT2D eigenvalue weighted by atomic mass is 15.3. The van der Waals surface area contributed by atoms with Crippen LogP contribution in [0.2, 0.25) is 0 Å². The summed E-state index contributed by atoms with van der Waals surface area (Å²) in [5.74, 6) is 2.10. The van der Waals surface area contributed by atoms with E-state index < -0.39 is 0 Å². The van der Waals surface area contributed by atoms with Crippen molar-refractivity contribution < 1.29 is 0 Å². The first-order chi connectivity index (χ1) is 8.93. The third kappa shape index (κ3) is 5.35. The van der Waals surface area contributed by atoms with Gasteiger partial charge in [0.2, 0.25) is 0 Å². The molecule has 0 aliphatic rings. The molecule has 0 bridgehead atoms. The van der Waals surface area contributed by atoms with Gasteiger partial charge in [0.05, 0.1) is 5.69 Å². The van der Waals surface area contributed by atoms with E-state index in [9.17, 15) is 0 Å². The molecular weight excluding hydrogens is 234 g/mol. The van der Waals surface area contributed by atoms with Crippen molar-refractivity contribution in [3.05, 3.63) is 17.5 Å². The van der Waals surface area contributed by atoms with Crippen molar-refractivity contribution >= 4 is 0 Å². The van der Waals surface area contributed by atoms with Crippen LogP contribution >= 0.6 is 0 Å². The summed E-state index contributed by atoms with van der Waals surface area (Å²) in [6.07, 6.45) is 2.14. The zero-order chi connectivity index (χ0) is 14.4. The number of hydrogen-bond acceptors (Lipinski definition) is 2. The summed E-state index contributed by atoms with van der Waals surface area (Å²) in [6.45, 7) is 13.6. The molecule has 0 saturated carbocycles. The van der Waals surface area contributed by atoms with Crippen molar-refractivity contribution in [2.24, 2.45) is 24.8 Å². The molecule has 0 aliphatic heterocycles. The lowest BCUT2D eigenvalue weighted by atomic mass is 9.91. The topological polar surface area (TPSA) is 29.9 Å². The van der Waals surface area contributed by atoms with E-state index >= 15 is 0 Å². The highest BCUT2D eigenvalue weighted by Crippen LogP contribution is 2.17. The number of nitrogens with one attached hydrogen (secondary N) is 1. The molecular formula is C16H31N3. The molecule has 0 spiro atoms. The van der Waals surface area contributed by atoms with Gasteiger partial charge in [-0.2, -0.15) is 5.10 Å². The predicted octanol–water partition coefficient (Wildman–Crippen LogP) is 3.04. The minimum absolute atomic E-state index is 0.680. The van der Waals surface area contributed by atoms with Crippen LogP contribution in [-0.2, 0) is 19.9 Å². The van der Waals surface area contributed by atoms with E-state index in [2.05, 4.69) is 58.1 Å². The van der Waals surface area contributed by atoms with E-state index in [-0.39, 0.29) is 0 Å². The third-order valence-corrected chi connectivity index (χ3v) is 3.91. The molecule has 110 valence electrons. The Labute approximate surface area is 118 Å². The van der Waals surface area contributed by atoms with Gasteiger partial charge >= 0.3 is 0 Å². The smallest absolute Gasteiger partial charge is 0.0624 e. The first-order valence-corrected chi connectivity index (χ1v) is 7.66. The lowest BCUT2D eigenvalue weighted by Gasteiger charge is -2.21. The maximum atomic E-state index is 4.53. The average molecular weight is 265 g/mol. The van der Waals surface area contributed by atoms with E-state index in [1.54, 1.807) is 0 Å². The second-order valence-corrected chi connectivity index (χ2v) is 6.31. The average Bonchev–Trinajstić information content (AvgIpc) is 2.69. The van der Waals surface area contributed by atoms with Crippen LogP contribution in [0.25, 0.3) is 0 Å². The van der Waals surface area contributed by atoms with Gasteiger partial charge in [-0.1, -0.05) is 34.6 Å². The Bertz CT molecular complexity index is 368. The minimum Gasteiger partial charge on any atom is -0.316 e. The minimum atomic E-state index is 0.680. The molecule has 0 fully saturated rings. The molecule has 1 rings (SSSR count). The first kappa shape index (κ1) is 16.2. The molecule has 3 nitrogen and oxygen atoms in total. The van der Waals surface area contributed by atoms with Gasteiger partial charge in [-0.15, -0.1) is 0 Å². The molecule has 1 heterocycles. The molecule has 0 aromatic carbocycles. The van der Waals surface area contributed by atoms with Gasteiger partial charge in [-0.25, -0.2) is 0 Å². The van der Waals surface area contributed by atoms with E-state index in [0.29, 0.717) is 11.8 Å². The fourth-order valence-electron chi connectivity index (χ4n) is 2.27. The number of nitrogens with zero attached hydrogens (tertiary/aromatic N) is 2.